The van der Waals surface area contributed by atoms with Crippen LogP contribution in [0.15, 0.2) is 48.7 Å². The van der Waals surface area contributed by atoms with Crippen LogP contribution in [0.25, 0.3) is 22.2 Å². The van der Waals surface area contributed by atoms with Crippen LogP contribution in [0.2, 0.25) is 0 Å². The highest BCUT2D eigenvalue weighted by Gasteiger charge is 2.24. The fourth-order valence-electron chi connectivity index (χ4n) is 4.95. The molecule has 40 heavy (non-hydrogen) atoms. The summed E-state index contributed by atoms with van der Waals surface area (Å²) in [4.78, 5) is 34.6. The second-order valence-electron chi connectivity index (χ2n) is 11.7. The topological polar surface area (TPSA) is 125 Å². The standard InChI is InChI=1S/C31H41N5O4/c1-20(19-37)35-28-14-13-23(18-32-28)27-15-25(24-7-5-6-8-26(24)36-27)29(38)33-16-21-9-11-22(12-10-21)17-34-30(39)40-31(2,3)4/h5-8,13-15,18,20-22,37H,9-12,16-17,19H2,1-4H3,(H,32,35)(H,33,38)(H,34,39)/t20-,21?,22?/m1/s1. The van der Waals surface area contributed by atoms with Gasteiger partial charge in [0.15, 0.2) is 0 Å². The number of rotatable bonds is 9. The molecule has 0 unspecified atom stereocenters. The zero-order chi connectivity index (χ0) is 28.7. The van der Waals surface area contributed by atoms with E-state index >= 15 is 0 Å². The van der Waals surface area contributed by atoms with Gasteiger partial charge in [-0.05, 0) is 89.5 Å². The zero-order valence-corrected chi connectivity index (χ0v) is 23.9. The molecule has 9 heteroatoms. The number of aliphatic hydroxyl groups is 1. The fourth-order valence-corrected chi connectivity index (χ4v) is 4.95. The van der Waals surface area contributed by atoms with Crippen LogP contribution in [0, 0.1) is 11.8 Å². The highest BCUT2D eigenvalue weighted by molar-refractivity contribution is 6.07. The van der Waals surface area contributed by atoms with Crippen LogP contribution in [0.5, 0.6) is 0 Å². The van der Waals surface area contributed by atoms with E-state index in [-0.39, 0.29) is 24.6 Å². The van der Waals surface area contributed by atoms with Crippen LogP contribution < -0.4 is 16.0 Å². The average Bonchev–Trinajstić information content (AvgIpc) is 2.94. The van der Waals surface area contributed by atoms with Gasteiger partial charge in [-0.15, -0.1) is 0 Å². The minimum atomic E-state index is -0.501. The molecule has 0 spiro atoms. The fraction of sp³-hybridized carbons (Fsp3) is 0.484. The molecule has 4 rings (SSSR count). The van der Waals surface area contributed by atoms with E-state index in [0.29, 0.717) is 42.0 Å². The number of hydrogen-bond acceptors (Lipinski definition) is 7. The van der Waals surface area contributed by atoms with Gasteiger partial charge in [0, 0.05) is 36.3 Å². The lowest BCUT2D eigenvalue weighted by atomic mass is 9.82. The van der Waals surface area contributed by atoms with E-state index in [1.165, 1.54) is 0 Å². The summed E-state index contributed by atoms with van der Waals surface area (Å²) in [5.74, 6) is 1.38. The van der Waals surface area contributed by atoms with Gasteiger partial charge in [-0.25, -0.2) is 14.8 Å². The number of pyridine rings is 2. The number of hydrogen-bond donors (Lipinski definition) is 4. The second-order valence-corrected chi connectivity index (χ2v) is 11.7. The van der Waals surface area contributed by atoms with Crippen LogP contribution in [-0.2, 0) is 4.74 Å². The van der Waals surface area contributed by atoms with E-state index < -0.39 is 5.60 Å². The van der Waals surface area contributed by atoms with Gasteiger partial charge in [0.1, 0.15) is 11.4 Å². The monoisotopic (exact) mass is 547 g/mol. The Morgan fingerprint density at radius 3 is 2.33 bits per heavy atom. The van der Waals surface area contributed by atoms with Crippen molar-refractivity contribution in [3.8, 4) is 11.3 Å². The Morgan fingerprint density at radius 1 is 1.02 bits per heavy atom. The number of amides is 2. The van der Waals surface area contributed by atoms with Crippen LogP contribution in [0.4, 0.5) is 10.6 Å². The first-order valence-electron chi connectivity index (χ1n) is 14.1. The maximum Gasteiger partial charge on any atom is 0.407 e. The van der Waals surface area contributed by atoms with Gasteiger partial charge in [-0.1, -0.05) is 18.2 Å². The van der Waals surface area contributed by atoms with E-state index in [9.17, 15) is 14.7 Å². The number of carbonyl (C=O) groups excluding carboxylic acids is 2. The average molecular weight is 548 g/mol. The molecule has 2 aromatic heterocycles. The maximum atomic E-state index is 13.4. The summed E-state index contributed by atoms with van der Waals surface area (Å²) >= 11 is 0. The summed E-state index contributed by atoms with van der Waals surface area (Å²) < 4.78 is 5.33. The van der Waals surface area contributed by atoms with Gasteiger partial charge in [0.25, 0.3) is 5.91 Å². The molecule has 9 nitrogen and oxygen atoms in total. The molecular weight excluding hydrogens is 506 g/mol. The molecule has 1 aromatic carbocycles. The Bertz CT molecular complexity index is 1300. The summed E-state index contributed by atoms with van der Waals surface area (Å²) in [6.07, 6.45) is 5.38. The Morgan fingerprint density at radius 2 is 1.70 bits per heavy atom. The smallest absolute Gasteiger partial charge is 0.407 e. The Balaban J connectivity index is 1.36. The molecule has 214 valence electrons. The zero-order valence-electron chi connectivity index (χ0n) is 23.9. The third-order valence-corrected chi connectivity index (χ3v) is 7.14. The first kappa shape index (κ1) is 29.3. The Labute approximate surface area is 236 Å². The quantitative estimate of drug-likeness (QED) is 0.292. The van der Waals surface area contributed by atoms with E-state index in [4.69, 9.17) is 9.72 Å². The number of ether oxygens (including phenoxy) is 1. The molecule has 0 saturated heterocycles. The first-order valence-corrected chi connectivity index (χ1v) is 14.1. The lowest BCUT2D eigenvalue weighted by Gasteiger charge is -2.29. The molecule has 1 fully saturated rings. The molecule has 2 heterocycles. The highest BCUT2D eigenvalue weighted by Crippen LogP contribution is 2.29. The molecule has 0 aliphatic heterocycles. The predicted octanol–water partition coefficient (Wildman–Crippen LogP) is 5.15. The maximum absolute atomic E-state index is 13.4. The molecule has 3 aromatic rings. The number of aliphatic hydroxyl groups excluding tert-OH is 1. The molecular formula is C31H41N5O4. The summed E-state index contributed by atoms with van der Waals surface area (Å²) in [5, 5.41) is 19.3. The van der Waals surface area contributed by atoms with E-state index in [1.54, 1.807) is 6.20 Å². The number of nitrogens with one attached hydrogen (secondary N) is 3. The molecule has 2 amide bonds. The molecule has 4 N–H and O–H groups in total. The van der Waals surface area contributed by atoms with Gasteiger partial charge in [-0.2, -0.15) is 0 Å². The van der Waals surface area contributed by atoms with Gasteiger partial charge < -0.3 is 25.8 Å². The van der Waals surface area contributed by atoms with Gasteiger partial charge in [-0.3, -0.25) is 4.79 Å². The number of nitrogens with zero attached hydrogens (tertiary/aromatic N) is 2. The van der Waals surface area contributed by atoms with Crippen molar-refractivity contribution in [2.24, 2.45) is 11.8 Å². The number of fused-ring (bicyclic) bond motifs is 1. The molecule has 0 radical (unpaired) electrons. The summed E-state index contributed by atoms with van der Waals surface area (Å²) in [6.45, 7) is 8.69. The van der Waals surface area contributed by atoms with Crippen molar-refractivity contribution in [3.63, 3.8) is 0 Å². The van der Waals surface area contributed by atoms with Gasteiger partial charge in [0.05, 0.1) is 23.4 Å². The van der Waals surface area contributed by atoms with Crippen molar-refractivity contribution >= 4 is 28.7 Å². The lowest BCUT2D eigenvalue weighted by molar-refractivity contribution is 0.0512. The Hall–Kier alpha value is -3.72. The van der Waals surface area contributed by atoms with Crippen LogP contribution in [0.1, 0.15) is 63.7 Å². The summed E-state index contributed by atoms with van der Waals surface area (Å²) in [5.41, 5.74) is 2.32. The van der Waals surface area contributed by atoms with Crippen molar-refractivity contribution < 1.29 is 19.4 Å². The normalized spacial score (nSPS) is 18.1. The third-order valence-electron chi connectivity index (χ3n) is 7.14. The number of benzene rings is 1. The minimum Gasteiger partial charge on any atom is -0.444 e. The van der Waals surface area contributed by atoms with Crippen molar-refractivity contribution in [1.82, 2.24) is 20.6 Å². The minimum absolute atomic E-state index is 0.0148. The van der Waals surface area contributed by atoms with E-state index in [1.807, 2.05) is 70.2 Å². The largest absolute Gasteiger partial charge is 0.444 e. The van der Waals surface area contributed by atoms with Crippen LogP contribution in [-0.4, -0.2) is 58.4 Å². The first-order chi connectivity index (χ1) is 19.1. The van der Waals surface area contributed by atoms with E-state index in [2.05, 4.69) is 20.9 Å². The molecule has 0 bridgehead atoms. The lowest BCUT2D eigenvalue weighted by Crippen LogP contribution is -2.37. The molecule has 1 atom stereocenters. The second kappa shape index (κ2) is 13.1. The number of anilines is 1. The van der Waals surface area contributed by atoms with Gasteiger partial charge in [0.2, 0.25) is 0 Å². The number of carbonyl (C=O) groups is 2. The Kier molecular flexibility index (Phi) is 9.58. The number of para-hydroxylation sites is 1. The summed E-state index contributed by atoms with van der Waals surface area (Å²) in [6, 6.07) is 13.1. The molecule has 1 aliphatic rings. The highest BCUT2D eigenvalue weighted by atomic mass is 16.6. The van der Waals surface area contributed by atoms with Crippen LogP contribution in [0.3, 0.4) is 0 Å². The van der Waals surface area contributed by atoms with Gasteiger partial charge >= 0.3 is 6.09 Å². The summed E-state index contributed by atoms with van der Waals surface area (Å²) in [7, 11) is 0. The SMILES string of the molecule is C[C@H](CO)Nc1ccc(-c2cc(C(=O)NCC3CCC(CNC(=O)OC(C)(C)C)CC3)c3ccccc3n2)cn1. The van der Waals surface area contributed by atoms with Crippen molar-refractivity contribution in [3.05, 3.63) is 54.2 Å². The van der Waals surface area contributed by atoms with Crippen LogP contribution >= 0.6 is 0 Å². The third kappa shape index (κ3) is 8.14. The molecule has 1 saturated carbocycles. The van der Waals surface area contributed by atoms with Crippen molar-refractivity contribution in [2.45, 2.75) is 65.0 Å². The van der Waals surface area contributed by atoms with Crippen molar-refractivity contribution in [2.75, 3.05) is 25.0 Å². The van der Waals surface area contributed by atoms with Crippen molar-refractivity contribution in [1.29, 1.82) is 0 Å². The number of aromatic nitrogens is 2. The van der Waals surface area contributed by atoms with E-state index in [0.717, 1.165) is 42.1 Å². The predicted molar refractivity (Wildman–Crippen MR) is 157 cm³/mol. The molecule has 1 aliphatic carbocycles. The number of alkyl carbamates (subject to hydrolysis) is 1.